The molecule has 0 aliphatic carbocycles. The Labute approximate surface area is 139 Å². The van der Waals surface area contributed by atoms with Crippen LogP contribution in [0.4, 0.5) is 13.2 Å². The van der Waals surface area contributed by atoms with E-state index in [9.17, 15) is 23.1 Å². The minimum atomic E-state index is -2.36. The predicted octanol–water partition coefficient (Wildman–Crippen LogP) is 2.34. The number of likely N-dealkylation sites (tertiary alicyclic amines) is 1. The molecule has 0 spiro atoms. The molecule has 0 aromatic heterocycles. The molecular formula is C17H23F3N2O2. The number of aliphatic hydroxyl groups is 1. The van der Waals surface area contributed by atoms with Crippen LogP contribution in [0.25, 0.3) is 0 Å². The van der Waals surface area contributed by atoms with Crippen molar-refractivity contribution < 1.29 is 23.1 Å². The van der Waals surface area contributed by atoms with Crippen LogP contribution in [0.5, 0.6) is 0 Å². The number of carbonyl (C=O) groups is 1. The summed E-state index contributed by atoms with van der Waals surface area (Å²) in [7, 11) is 0. The molecule has 1 aliphatic heterocycles. The lowest BCUT2D eigenvalue weighted by Crippen LogP contribution is -2.45. The van der Waals surface area contributed by atoms with E-state index < -0.39 is 24.4 Å². The normalized spacial score (nSPS) is 19.2. The number of nitrogens with one attached hydrogen (secondary N) is 1. The number of benzene rings is 1. The van der Waals surface area contributed by atoms with Crippen molar-refractivity contribution in [3.05, 3.63) is 35.6 Å². The lowest BCUT2D eigenvalue weighted by Gasteiger charge is -2.32. The Bertz CT molecular complexity index is 531. The number of nitrogens with zero attached hydrogens (tertiary/aromatic N) is 1. The van der Waals surface area contributed by atoms with Gasteiger partial charge in [-0.05, 0) is 50.6 Å². The summed E-state index contributed by atoms with van der Waals surface area (Å²) in [6, 6.07) is 4.94. The van der Waals surface area contributed by atoms with E-state index in [1.165, 1.54) is 24.3 Å². The van der Waals surface area contributed by atoms with E-state index in [1.807, 2.05) is 0 Å². The molecule has 2 rings (SSSR count). The fourth-order valence-corrected chi connectivity index (χ4v) is 2.94. The van der Waals surface area contributed by atoms with Gasteiger partial charge < -0.3 is 10.4 Å². The van der Waals surface area contributed by atoms with Crippen LogP contribution in [0, 0.1) is 11.7 Å². The summed E-state index contributed by atoms with van der Waals surface area (Å²) in [5, 5.41) is 13.0. The van der Waals surface area contributed by atoms with Crippen molar-refractivity contribution in [1.29, 1.82) is 0 Å². The average Bonchev–Trinajstić information content (AvgIpc) is 2.55. The second-order valence-corrected chi connectivity index (χ2v) is 6.26. The molecule has 0 unspecified atom stereocenters. The molecule has 134 valence electrons. The highest BCUT2D eigenvalue weighted by Gasteiger charge is 2.28. The molecule has 4 nitrogen and oxygen atoms in total. The van der Waals surface area contributed by atoms with Gasteiger partial charge in [-0.3, -0.25) is 9.69 Å². The molecule has 1 heterocycles. The van der Waals surface area contributed by atoms with Gasteiger partial charge in [-0.25, -0.2) is 13.2 Å². The number of aliphatic hydroxyl groups excluding tert-OH is 1. The van der Waals surface area contributed by atoms with E-state index in [0.717, 1.165) is 0 Å². The second-order valence-electron chi connectivity index (χ2n) is 6.26. The molecule has 0 saturated carbocycles. The maximum atomic E-state index is 12.9. The lowest BCUT2D eigenvalue weighted by molar-refractivity contribution is -0.128. The monoisotopic (exact) mass is 344 g/mol. The highest BCUT2D eigenvalue weighted by atomic mass is 19.3. The molecule has 2 atom stereocenters. The zero-order valence-electron chi connectivity index (χ0n) is 13.6. The van der Waals surface area contributed by atoms with Gasteiger partial charge in [-0.15, -0.1) is 0 Å². The van der Waals surface area contributed by atoms with Crippen LogP contribution >= 0.6 is 0 Å². The Morgan fingerprint density at radius 2 is 1.88 bits per heavy atom. The molecule has 1 aliphatic rings. The molecule has 1 saturated heterocycles. The summed E-state index contributed by atoms with van der Waals surface area (Å²) in [4.78, 5) is 13.9. The van der Waals surface area contributed by atoms with Crippen molar-refractivity contribution in [1.82, 2.24) is 10.2 Å². The van der Waals surface area contributed by atoms with Gasteiger partial charge in [0.25, 0.3) is 6.43 Å². The van der Waals surface area contributed by atoms with Gasteiger partial charge in [0.2, 0.25) is 5.91 Å². The zero-order valence-corrected chi connectivity index (χ0v) is 13.6. The Kier molecular flexibility index (Phi) is 6.62. The van der Waals surface area contributed by atoms with E-state index in [-0.39, 0.29) is 18.4 Å². The van der Waals surface area contributed by atoms with Gasteiger partial charge in [-0.2, -0.15) is 0 Å². The maximum absolute atomic E-state index is 12.9. The third-order valence-corrected chi connectivity index (χ3v) is 4.41. The predicted molar refractivity (Wildman–Crippen MR) is 84.1 cm³/mol. The minimum absolute atomic E-state index is 0.180. The Balaban J connectivity index is 1.82. The molecule has 0 radical (unpaired) electrons. The molecule has 2 N–H and O–H groups in total. The van der Waals surface area contributed by atoms with E-state index in [0.29, 0.717) is 31.5 Å². The van der Waals surface area contributed by atoms with Gasteiger partial charge in [0.15, 0.2) is 0 Å². The van der Waals surface area contributed by atoms with Crippen molar-refractivity contribution in [3.8, 4) is 0 Å². The standard InChI is InChI=1S/C17H23F3N2O2/c1-11(16(23)12-2-4-14(18)5-3-12)21-17(24)13-6-8-22(9-7-13)10-15(19)20/h2-5,11,13,15-16,23H,6-10H2,1H3,(H,21,24)/t11-,16+/m0/s1. The van der Waals surface area contributed by atoms with Crippen molar-refractivity contribution in [3.63, 3.8) is 0 Å². The highest BCUT2D eigenvalue weighted by Crippen LogP contribution is 2.21. The summed E-state index contributed by atoms with van der Waals surface area (Å²) in [6.45, 7) is 2.36. The summed E-state index contributed by atoms with van der Waals surface area (Å²) in [5.74, 6) is -0.805. The molecular weight excluding hydrogens is 321 g/mol. The zero-order chi connectivity index (χ0) is 17.7. The van der Waals surface area contributed by atoms with Gasteiger partial charge >= 0.3 is 0 Å². The molecule has 7 heteroatoms. The fraction of sp³-hybridized carbons (Fsp3) is 0.588. The van der Waals surface area contributed by atoms with Gasteiger partial charge in [0, 0.05) is 5.92 Å². The third-order valence-electron chi connectivity index (χ3n) is 4.41. The van der Waals surface area contributed by atoms with E-state index in [2.05, 4.69) is 5.32 Å². The van der Waals surface area contributed by atoms with Crippen LogP contribution in [0.15, 0.2) is 24.3 Å². The number of alkyl halides is 2. The van der Waals surface area contributed by atoms with Crippen molar-refractivity contribution in [2.45, 2.75) is 38.3 Å². The van der Waals surface area contributed by atoms with Crippen molar-refractivity contribution >= 4 is 5.91 Å². The molecule has 1 fully saturated rings. The van der Waals surface area contributed by atoms with Crippen molar-refractivity contribution in [2.24, 2.45) is 5.92 Å². The molecule has 0 bridgehead atoms. The first-order valence-electron chi connectivity index (χ1n) is 8.11. The van der Waals surface area contributed by atoms with Crippen LogP contribution in [-0.4, -0.2) is 48.0 Å². The van der Waals surface area contributed by atoms with E-state index in [1.54, 1.807) is 11.8 Å². The first-order chi connectivity index (χ1) is 11.4. The Morgan fingerprint density at radius 3 is 2.42 bits per heavy atom. The molecule has 1 aromatic rings. The minimum Gasteiger partial charge on any atom is -0.386 e. The first-order valence-corrected chi connectivity index (χ1v) is 8.11. The molecule has 24 heavy (non-hydrogen) atoms. The van der Waals surface area contributed by atoms with Crippen molar-refractivity contribution in [2.75, 3.05) is 19.6 Å². The Morgan fingerprint density at radius 1 is 1.29 bits per heavy atom. The Hall–Kier alpha value is -1.60. The fourth-order valence-electron chi connectivity index (χ4n) is 2.94. The lowest BCUT2D eigenvalue weighted by atomic mass is 9.95. The number of hydrogen-bond acceptors (Lipinski definition) is 3. The smallest absolute Gasteiger partial charge is 0.251 e. The van der Waals surface area contributed by atoms with Crippen LogP contribution in [0.2, 0.25) is 0 Å². The van der Waals surface area contributed by atoms with Crippen LogP contribution in [0.3, 0.4) is 0 Å². The van der Waals surface area contributed by atoms with Gasteiger partial charge in [0.05, 0.1) is 18.7 Å². The maximum Gasteiger partial charge on any atom is 0.251 e. The average molecular weight is 344 g/mol. The number of halogens is 3. The summed E-state index contributed by atoms with van der Waals surface area (Å²) in [6.07, 6.45) is -2.25. The first kappa shape index (κ1) is 18.7. The van der Waals surface area contributed by atoms with Gasteiger partial charge in [0.1, 0.15) is 5.82 Å². The number of amides is 1. The van der Waals surface area contributed by atoms with E-state index in [4.69, 9.17) is 0 Å². The summed E-state index contributed by atoms with van der Waals surface area (Å²) < 4.78 is 37.6. The van der Waals surface area contributed by atoms with Crippen LogP contribution in [-0.2, 0) is 4.79 Å². The van der Waals surface area contributed by atoms with E-state index >= 15 is 0 Å². The number of piperidine rings is 1. The topological polar surface area (TPSA) is 52.6 Å². The number of carbonyl (C=O) groups excluding carboxylic acids is 1. The third kappa shape index (κ3) is 5.21. The van der Waals surface area contributed by atoms with Crippen LogP contribution < -0.4 is 5.32 Å². The summed E-state index contributed by atoms with van der Waals surface area (Å²) in [5.41, 5.74) is 0.524. The number of rotatable bonds is 6. The molecule has 1 aromatic carbocycles. The SMILES string of the molecule is C[C@H](NC(=O)C1CCN(CC(F)F)CC1)[C@@H](O)c1ccc(F)cc1. The molecule has 1 amide bonds. The van der Waals surface area contributed by atoms with Gasteiger partial charge in [-0.1, -0.05) is 12.1 Å². The number of hydrogen-bond donors (Lipinski definition) is 2. The highest BCUT2D eigenvalue weighted by molar-refractivity contribution is 5.79. The summed E-state index contributed by atoms with van der Waals surface area (Å²) >= 11 is 0. The van der Waals surface area contributed by atoms with Crippen LogP contribution in [0.1, 0.15) is 31.4 Å². The largest absolute Gasteiger partial charge is 0.386 e. The second kappa shape index (κ2) is 8.48. The quantitative estimate of drug-likeness (QED) is 0.833.